The summed E-state index contributed by atoms with van der Waals surface area (Å²) in [7, 11) is 1.68. The predicted molar refractivity (Wildman–Crippen MR) is 110 cm³/mol. The average molecular weight is 383 g/mol. The minimum absolute atomic E-state index is 0.152. The summed E-state index contributed by atoms with van der Waals surface area (Å²) in [5, 5.41) is 0. The molecule has 0 aliphatic carbocycles. The number of benzene rings is 1. The van der Waals surface area contributed by atoms with Crippen LogP contribution in [-0.4, -0.2) is 55.2 Å². The van der Waals surface area contributed by atoms with Crippen molar-refractivity contribution in [1.29, 1.82) is 0 Å². The van der Waals surface area contributed by atoms with Crippen LogP contribution in [0.1, 0.15) is 35.3 Å². The molecular weight excluding hydrogens is 354 g/mol. The largest absolute Gasteiger partial charge is 0.497 e. The highest BCUT2D eigenvalue weighted by Crippen LogP contribution is 2.24. The molecule has 150 valence electrons. The van der Waals surface area contributed by atoms with Gasteiger partial charge in [-0.2, -0.15) is 0 Å². The maximum atomic E-state index is 12.6. The second kappa shape index (κ2) is 9.06. The van der Waals surface area contributed by atoms with Crippen LogP contribution in [-0.2, 0) is 11.3 Å². The zero-order valence-electron chi connectivity index (χ0n) is 17.1. The lowest BCUT2D eigenvalue weighted by atomic mass is 10.1. The fourth-order valence-corrected chi connectivity index (χ4v) is 3.42. The zero-order chi connectivity index (χ0) is 20.1. The number of rotatable bonds is 6. The first-order chi connectivity index (χ1) is 13.5. The van der Waals surface area contributed by atoms with E-state index in [2.05, 4.69) is 26.9 Å². The molecule has 0 atom stereocenters. The van der Waals surface area contributed by atoms with Gasteiger partial charge in [0.25, 0.3) is 0 Å². The SMILES string of the molecule is COc1ccc(CN2CCN(c3nccc(C)c3C(=O)OC(C)C)CC2)cc1. The van der Waals surface area contributed by atoms with Crippen LogP contribution < -0.4 is 9.64 Å². The van der Waals surface area contributed by atoms with E-state index in [1.807, 2.05) is 39.0 Å². The van der Waals surface area contributed by atoms with Crippen molar-refractivity contribution < 1.29 is 14.3 Å². The molecule has 1 fully saturated rings. The van der Waals surface area contributed by atoms with Gasteiger partial charge < -0.3 is 14.4 Å². The summed E-state index contributed by atoms with van der Waals surface area (Å²) < 4.78 is 10.7. The Morgan fingerprint density at radius 2 is 1.79 bits per heavy atom. The van der Waals surface area contributed by atoms with E-state index in [0.29, 0.717) is 5.56 Å². The van der Waals surface area contributed by atoms with Crippen LogP contribution in [0.25, 0.3) is 0 Å². The van der Waals surface area contributed by atoms with Crippen LogP contribution in [0.2, 0.25) is 0 Å². The van der Waals surface area contributed by atoms with E-state index in [-0.39, 0.29) is 12.1 Å². The molecule has 28 heavy (non-hydrogen) atoms. The van der Waals surface area contributed by atoms with Gasteiger partial charge in [-0.3, -0.25) is 4.90 Å². The molecule has 2 heterocycles. The summed E-state index contributed by atoms with van der Waals surface area (Å²) in [5.74, 6) is 1.31. The lowest BCUT2D eigenvalue weighted by Gasteiger charge is -2.36. The summed E-state index contributed by atoms with van der Waals surface area (Å²) in [6, 6.07) is 10.1. The molecule has 1 aliphatic rings. The molecule has 0 bridgehead atoms. The standard InChI is InChI=1S/C22H29N3O3/c1-16(2)28-22(26)20-17(3)9-10-23-21(20)25-13-11-24(12-14-25)15-18-5-7-19(27-4)8-6-18/h5-10,16H,11-15H2,1-4H3. The number of aryl methyl sites for hydroxylation is 1. The molecule has 0 saturated carbocycles. The number of hydrogen-bond donors (Lipinski definition) is 0. The van der Waals surface area contributed by atoms with Crippen molar-refractivity contribution in [2.75, 3.05) is 38.2 Å². The number of carbonyl (C=O) groups excluding carboxylic acids is 1. The zero-order valence-corrected chi connectivity index (χ0v) is 17.1. The summed E-state index contributed by atoms with van der Waals surface area (Å²) in [6.07, 6.45) is 1.61. The average Bonchev–Trinajstić information content (AvgIpc) is 2.68. The molecule has 1 aromatic carbocycles. The normalized spacial score (nSPS) is 15.0. The van der Waals surface area contributed by atoms with E-state index in [1.165, 1.54) is 5.56 Å². The van der Waals surface area contributed by atoms with Gasteiger partial charge in [-0.15, -0.1) is 0 Å². The van der Waals surface area contributed by atoms with E-state index in [4.69, 9.17) is 9.47 Å². The van der Waals surface area contributed by atoms with E-state index in [1.54, 1.807) is 13.3 Å². The van der Waals surface area contributed by atoms with Crippen LogP contribution in [0.4, 0.5) is 5.82 Å². The summed E-state index contributed by atoms with van der Waals surface area (Å²) in [5.41, 5.74) is 2.75. The molecule has 3 rings (SSSR count). The molecule has 0 unspecified atom stereocenters. The maximum absolute atomic E-state index is 12.6. The molecule has 0 spiro atoms. The third-order valence-electron chi connectivity index (χ3n) is 4.92. The Morgan fingerprint density at radius 1 is 1.11 bits per heavy atom. The molecule has 1 saturated heterocycles. The van der Waals surface area contributed by atoms with Crippen LogP contribution in [0.3, 0.4) is 0 Å². The third kappa shape index (κ3) is 4.81. The van der Waals surface area contributed by atoms with Gasteiger partial charge in [-0.05, 0) is 50.1 Å². The molecule has 0 radical (unpaired) electrons. The number of aromatic nitrogens is 1. The molecule has 0 N–H and O–H groups in total. The monoisotopic (exact) mass is 383 g/mol. The van der Waals surface area contributed by atoms with Gasteiger partial charge in [0.15, 0.2) is 0 Å². The Hall–Kier alpha value is -2.60. The van der Waals surface area contributed by atoms with Gasteiger partial charge in [0.1, 0.15) is 17.1 Å². The second-order valence-corrected chi connectivity index (χ2v) is 7.39. The van der Waals surface area contributed by atoms with Crippen molar-refractivity contribution in [1.82, 2.24) is 9.88 Å². The Labute approximate surface area is 167 Å². The lowest BCUT2D eigenvalue weighted by molar-refractivity contribution is 0.0377. The van der Waals surface area contributed by atoms with Crippen molar-refractivity contribution in [3.8, 4) is 5.75 Å². The molecule has 1 aliphatic heterocycles. The number of piperazine rings is 1. The van der Waals surface area contributed by atoms with Gasteiger partial charge in [0.2, 0.25) is 0 Å². The molecule has 1 aromatic heterocycles. The number of pyridine rings is 1. The summed E-state index contributed by atoms with van der Waals surface area (Å²) in [4.78, 5) is 21.7. The molecule has 6 nitrogen and oxygen atoms in total. The van der Waals surface area contributed by atoms with Crippen molar-refractivity contribution in [3.63, 3.8) is 0 Å². The first-order valence-electron chi connectivity index (χ1n) is 9.74. The first-order valence-corrected chi connectivity index (χ1v) is 9.74. The van der Waals surface area contributed by atoms with E-state index < -0.39 is 0 Å². The Bertz CT molecular complexity index is 797. The minimum atomic E-state index is -0.295. The van der Waals surface area contributed by atoms with Crippen LogP contribution in [0.5, 0.6) is 5.75 Å². The van der Waals surface area contributed by atoms with E-state index in [9.17, 15) is 4.79 Å². The fourth-order valence-electron chi connectivity index (χ4n) is 3.42. The number of methoxy groups -OCH3 is 1. The maximum Gasteiger partial charge on any atom is 0.342 e. The highest BCUT2D eigenvalue weighted by atomic mass is 16.5. The quantitative estimate of drug-likeness (QED) is 0.714. The predicted octanol–water partition coefficient (Wildman–Crippen LogP) is 3.29. The van der Waals surface area contributed by atoms with Crippen LogP contribution in [0.15, 0.2) is 36.5 Å². The number of nitrogens with zero attached hydrogens (tertiary/aromatic N) is 3. The lowest BCUT2D eigenvalue weighted by Crippen LogP contribution is -2.46. The van der Waals surface area contributed by atoms with Crippen molar-refractivity contribution in [3.05, 3.63) is 53.2 Å². The second-order valence-electron chi connectivity index (χ2n) is 7.39. The van der Waals surface area contributed by atoms with E-state index in [0.717, 1.165) is 49.9 Å². The topological polar surface area (TPSA) is 54.9 Å². The highest BCUT2D eigenvalue weighted by molar-refractivity contribution is 5.96. The van der Waals surface area contributed by atoms with Gasteiger partial charge in [0, 0.05) is 38.9 Å². The number of carbonyl (C=O) groups is 1. The van der Waals surface area contributed by atoms with Gasteiger partial charge >= 0.3 is 5.97 Å². The molecule has 6 heteroatoms. The first kappa shape index (κ1) is 20.1. The summed E-state index contributed by atoms with van der Waals surface area (Å²) >= 11 is 0. The van der Waals surface area contributed by atoms with Gasteiger partial charge in [-0.25, -0.2) is 9.78 Å². The summed E-state index contributed by atoms with van der Waals surface area (Å²) in [6.45, 7) is 10.1. The Morgan fingerprint density at radius 3 is 2.39 bits per heavy atom. The third-order valence-corrected chi connectivity index (χ3v) is 4.92. The van der Waals surface area contributed by atoms with Crippen LogP contribution >= 0.6 is 0 Å². The number of ether oxygens (including phenoxy) is 2. The Kier molecular flexibility index (Phi) is 6.52. The Balaban J connectivity index is 1.66. The van der Waals surface area contributed by atoms with Crippen LogP contribution in [0, 0.1) is 6.92 Å². The number of hydrogen-bond acceptors (Lipinski definition) is 6. The van der Waals surface area contributed by atoms with Crippen molar-refractivity contribution in [2.24, 2.45) is 0 Å². The molecular formula is C22H29N3O3. The smallest absolute Gasteiger partial charge is 0.342 e. The minimum Gasteiger partial charge on any atom is -0.497 e. The van der Waals surface area contributed by atoms with Gasteiger partial charge in [-0.1, -0.05) is 12.1 Å². The number of anilines is 1. The highest BCUT2D eigenvalue weighted by Gasteiger charge is 2.25. The van der Waals surface area contributed by atoms with Gasteiger partial charge in [0.05, 0.1) is 13.2 Å². The van der Waals surface area contributed by atoms with Crippen molar-refractivity contribution >= 4 is 11.8 Å². The molecule has 2 aromatic rings. The molecule has 0 amide bonds. The van der Waals surface area contributed by atoms with E-state index >= 15 is 0 Å². The number of esters is 1. The van der Waals surface area contributed by atoms with Crippen molar-refractivity contribution in [2.45, 2.75) is 33.4 Å². The fraction of sp³-hybridized carbons (Fsp3) is 0.455.